The molecule has 0 spiro atoms. The van der Waals surface area contributed by atoms with Crippen LogP contribution in [0.1, 0.15) is 47.6 Å². The maximum Gasteiger partial charge on any atom is 0.267 e. The predicted octanol–water partition coefficient (Wildman–Crippen LogP) is 4.40. The fourth-order valence-electron chi connectivity index (χ4n) is 5.47. The number of para-hydroxylation sites is 1. The number of fused-ring (bicyclic) bond motifs is 2. The van der Waals surface area contributed by atoms with Gasteiger partial charge < -0.3 is 9.72 Å². The molecule has 1 aliphatic carbocycles. The molecule has 6 nitrogen and oxygen atoms in total. The summed E-state index contributed by atoms with van der Waals surface area (Å²) in [5.41, 5.74) is 7.96. The third-order valence-corrected chi connectivity index (χ3v) is 7.12. The molecule has 3 aromatic rings. The molecule has 2 aromatic carbocycles. The number of rotatable bonds is 7. The number of ether oxygens (including phenoxy) is 1. The maximum atomic E-state index is 11.3. The minimum absolute atomic E-state index is 0.409. The number of nitrogens with one attached hydrogen (secondary N) is 2. The summed E-state index contributed by atoms with van der Waals surface area (Å²) in [6, 6.07) is 15.9. The molecule has 1 amide bonds. The third-order valence-electron chi connectivity index (χ3n) is 7.12. The van der Waals surface area contributed by atoms with E-state index in [2.05, 4.69) is 58.5 Å². The number of hydroxylamine groups is 1. The second-order valence-corrected chi connectivity index (χ2v) is 9.01. The Morgan fingerprint density at radius 3 is 2.88 bits per heavy atom. The highest BCUT2D eigenvalue weighted by Crippen LogP contribution is 2.39. The van der Waals surface area contributed by atoms with E-state index in [9.17, 15) is 4.79 Å². The van der Waals surface area contributed by atoms with Crippen LogP contribution in [0.25, 0.3) is 17.0 Å². The molecule has 0 radical (unpaired) electrons. The van der Waals surface area contributed by atoms with Crippen molar-refractivity contribution in [3.8, 4) is 0 Å². The zero-order valence-corrected chi connectivity index (χ0v) is 18.8. The SMILES string of the molecule is O=C(C=Cc1ccc2c(c1)CCC2N(CCc1c[nH]c2ccccc12)C1CCOCC1)NO. The first-order valence-corrected chi connectivity index (χ1v) is 11.9. The van der Waals surface area contributed by atoms with Crippen molar-refractivity contribution in [2.24, 2.45) is 0 Å². The van der Waals surface area contributed by atoms with Crippen molar-refractivity contribution in [2.75, 3.05) is 19.8 Å². The lowest BCUT2D eigenvalue weighted by Gasteiger charge is -2.39. The van der Waals surface area contributed by atoms with Crippen molar-refractivity contribution in [2.45, 2.75) is 44.2 Å². The maximum absolute atomic E-state index is 11.3. The smallest absolute Gasteiger partial charge is 0.267 e. The molecule has 1 unspecified atom stereocenters. The van der Waals surface area contributed by atoms with Crippen LogP contribution in [0.4, 0.5) is 0 Å². The summed E-state index contributed by atoms with van der Waals surface area (Å²) >= 11 is 0. The molecule has 1 aliphatic heterocycles. The number of aryl methyl sites for hydroxylation is 1. The average molecular weight is 446 g/mol. The number of benzene rings is 2. The number of aromatic amines is 1. The molecular weight excluding hydrogens is 414 g/mol. The Bertz CT molecular complexity index is 1150. The van der Waals surface area contributed by atoms with Crippen LogP contribution in [0.15, 0.2) is 54.7 Å². The highest BCUT2D eigenvalue weighted by molar-refractivity contribution is 5.90. The molecule has 1 atom stereocenters. The van der Waals surface area contributed by atoms with Crippen LogP contribution in [0.2, 0.25) is 0 Å². The number of hydrogen-bond acceptors (Lipinski definition) is 4. The highest BCUT2D eigenvalue weighted by Gasteiger charge is 2.33. The number of amides is 1. The lowest BCUT2D eigenvalue weighted by molar-refractivity contribution is -0.124. The highest BCUT2D eigenvalue weighted by atomic mass is 16.5. The first kappa shape index (κ1) is 21.9. The number of carbonyl (C=O) groups excluding carboxylic acids is 1. The zero-order valence-electron chi connectivity index (χ0n) is 18.8. The van der Waals surface area contributed by atoms with E-state index in [0.717, 1.165) is 57.4 Å². The monoisotopic (exact) mass is 445 g/mol. The average Bonchev–Trinajstić information content (AvgIpc) is 3.47. The zero-order chi connectivity index (χ0) is 22.6. The summed E-state index contributed by atoms with van der Waals surface area (Å²) in [7, 11) is 0. The number of nitrogens with zero attached hydrogens (tertiary/aromatic N) is 1. The molecule has 0 bridgehead atoms. The topological polar surface area (TPSA) is 77.6 Å². The Morgan fingerprint density at radius 2 is 2.03 bits per heavy atom. The van der Waals surface area contributed by atoms with Gasteiger partial charge in [0.15, 0.2) is 0 Å². The standard InChI is InChI=1S/C27H31N3O3/c31-27(29-32)10-6-19-5-8-24-20(17-19)7-9-26(24)30(22-12-15-33-16-13-22)14-11-21-18-28-25-4-2-1-3-23(21)25/h1-6,8,10,17-18,22,26,28,32H,7,9,11-16H2,(H,29,31). The Balaban J connectivity index is 1.37. The number of aromatic nitrogens is 1. The second kappa shape index (κ2) is 9.91. The van der Waals surface area contributed by atoms with E-state index < -0.39 is 5.91 Å². The van der Waals surface area contributed by atoms with Crippen LogP contribution in [0.5, 0.6) is 0 Å². The van der Waals surface area contributed by atoms with Gasteiger partial charge in [-0.1, -0.05) is 36.4 Å². The van der Waals surface area contributed by atoms with E-state index >= 15 is 0 Å². The van der Waals surface area contributed by atoms with Gasteiger partial charge in [-0.05, 0) is 66.5 Å². The summed E-state index contributed by atoms with van der Waals surface area (Å²) in [5.74, 6) is -0.517. The van der Waals surface area contributed by atoms with E-state index in [0.29, 0.717) is 12.1 Å². The van der Waals surface area contributed by atoms with E-state index in [1.54, 1.807) is 11.6 Å². The van der Waals surface area contributed by atoms with Gasteiger partial charge in [0, 0.05) is 55.0 Å². The van der Waals surface area contributed by atoms with E-state index in [4.69, 9.17) is 9.94 Å². The Morgan fingerprint density at radius 1 is 1.18 bits per heavy atom. The Kier molecular flexibility index (Phi) is 6.58. The molecule has 6 heteroatoms. The lowest BCUT2D eigenvalue weighted by atomic mass is 9.98. The predicted molar refractivity (Wildman–Crippen MR) is 129 cm³/mol. The third kappa shape index (κ3) is 4.74. The van der Waals surface area contributed by atoms with Crippen LogP contribution in [-0.4, -0.2) is 46.8 Å². The molecule has 33 heavy (non-hydrogen) atoms. The molecule has 172 valence electrons. The normalized spacial score (nSPS) is 18.9. The molecule has 1 aromatic heterocycles. The van der Waals surface area contributed by atoms with E-state index in [1.807, 2.05) is 0 Å². The summed E-state index contributed by atoms with van der Waals surface area (Å²) in [6.45, 7) is 2.70. The molecule has 3 N–H and O–H groups in total. The quantitative estimate of drug-likeness (QED) is 0.286. The van der Waals surface area contributed by atoms with Gasteiger partial charge in [-0.3, -0.25) is 14.9 Å². The van der Waals surface area contributed by atoms with Crippen molar-refractivity contribution in [3.05, 3.63) is 77.0 Å². The number of hydrogen-bond donors (Lipinski definition) is 3. The molecule has 2 heterocycles. The fraction of sp³-hybridized carbons (Fsp3) is 0.370. The van der Waals surface area contributed by atoms with Crippen molar-refractivity contribution >= 4 is 22.9 Å². The first-order valence-electron chi connectivity index (χ1n) is 11.9. The largest absolute Gasteiger partial charge is 0.381 e. The molecule has 2 aliphatic rings. The van der Waals surface area contributed by atoms with Crippen LogP contribution in [0, 0.1) is 0 Å². The van der Waals surface area contributed by atoms with Gasteiger partial charge in [0.05, 0.1) is 0 Å². The number of H-pyrrole nitrogens is 1. The van der Waals surface area contributed by atoms with Gasteiger partial charge in [-0.2, -0.15) is 0 Å². The second-order valence-electron chi connectivity index (χ2n) is 9.01. The van der Waals surface area contributed by atoms with E-state index in [-0.39, 0.29) is 0 Å². The van der Waals surface area contributed by atoms with Gasteiger partial charge in [0.25, 0.3) is 5.91 Å². The summed E-state index contributed by atoms with van der Waals surface area (Å²) in [6.07, 6.45) is 10.6. The first-order chi connectivity index (χ1) is 16.2. The molecule has 0 saturated carbocycles. The van der Waals surface area contributed by atoms with Crippen molar-refractivity contribution in [3.63, 3.8) is 0 Å². The van der Waals surface area contributed by atoms with E-state index in [1.165, 1.54) is 33.7 Å². The summed E-state index contributed by atoms with van der Waals surface area (Å²) in [4.78, 5) is 17.5. The van der Waals surface area contributed by atoms with Gasteiger partial charge in [-0.25, -0.2) is 5.48 Å². The molecule has 1 fully saturated rings. The van der Waals surface area contributed by atoms with Crippen molar-refractivity contribution in [1.29, 1.82) is 0 Å². The van der Waals surface area contributed by atoms with Crippen molar-refractivity contribution in [1.82, 2.24) is 15.4 Å². The Hall–Kier alpha value is -2.93. The lowest BCUT2D eigenvalue weighted by Crippen LogP contribution is -2.42. The van der Waals surface area contributed by atoms with Gasteiger partial charge in [0.1, 0.15) is 0 Å². The van der Waals surface area contributed by atoms with Gasteiger partial charge in [-0.15, -0.1) is 0 Å². The van der Waals surface area contributed by atoms with Crippen LogP contribution >= 0.6 is 0 Å². The van der Waals surface area contributed by atoms with Gasteiger partial charge in [0.2, 0.25) is 0 Å². The summed E-state index contributed by atoms with van der Waals surface area (Å²) < 4.78 is 5.67. The molecule has 5 rings (SSSR count). The number of carbonyl (C=O) groups is 1. The fourth-order valence-corrected chi connectivity index (χ4v) is 5.47. The minimum atomic E-state index is -0.517. The summed E-state index contributed by atoms with van der Waals surface area (Å²) in [5, 5.41) is 10.0. The Labute approximate surface area is 194 Å². The molecular formula is C27H31N3O3. The van der Waals surface area contributed by atoms with Crippen molar-refractivity contribution < 1.29 is 14.7 Å². The van der Waals surface area contributed by atoms with Gasteiger partial charge >= 0.3 is 0 Å². The van der Waals surface area contributed by atoms with Crippen LogP contribution in [0.3, 0.4) is 0 Å². The molecule has 1 saturated heterocycles. The minimum Gasteiger partial charge on any atom is -0.381 e. The van der Waals surface area contributed by atoms with Crippen LogP contribution in [-0.2, 0) is 22.4 Å². The van der Waals surface area contributed by atoms with Crippen LogP contribution < -0.4 is 5.48 Å².